The highest BCUT2D eigenvalue weighted by Gasteiger charge is 2.35. The number of hydrogen-bond donors (Lipinski definition) is 0. The number of hydrogen-bond acceptors (Lipinski definition) is 0. The van der Waals surface area contributed by atoms with Gasteiger partial charge in [-0.3, -0.25) is 0 Å². The number of alkyl halides is 6. The number of allylic oxidation sites excluding steroid dienone is 2. The SMILES string of the molecule is CC(C=CC(F)(F)F)C(F)(F)F. The number of halogens is 6. The smallest absolute Gasteiger partial charge is 0.170 e. The van der Waals surface area contributed by atoms with E-state index in [1.807, 2.05) is 0 Å². The average Bonchev–Trinajstić information content (AvgIpc) is 1.78. The highest BCUT2D eigenvalue weighted by atomic mass is 19.4. The number of rotatable bonds is 1. The molecule has 0 aromatic carbocycles. The maximum Gasteiger partial charge on any atom is 0.409 e. The zero-order chi connectivity index (χ0) is 9.99. The molecule has 0 saturated heterocycles. The van der Waals surface area contributed by atoms with E-state index in [2.05, 4.69) is 0 Å². The zero-order valence-corrected chi connectivity index (χ0v) is 6.00. The van der Waals surface area contributed by atoms with Crippen molar-refractivity contribution in [2.24, 2.45) is 5.92 Å². The first-order valence-electron chi connectivity index (χ1n) is 2.96. The van der Waals surface area contributed by atoms with Gasteiger partial charge < -0.3 is 0 Å². The Morgan fingerprint density at radius 2 is 1.42 bits per heavy atom. The molecule has 0 radical (unpaired) electrons. The summed E-state index contributed by atoms with van der Waals surface area (Å²) >= 11 is 0. The van der Waals surface area contributed by atoms with Crippen LogP contribution < -0.4 is 0 Å². The molecule has 0 bridgehead atoms. The first-order chi connectivity index (χ1) is 5.13. The molecule has 0 nitrogen and oxygen atoms in total. The summed E-state index contributed by atoms with van der Waals surface area (Å²) < 4.78 is 68.9. The Hall–Kier alpha value is -0.680. The van der Waals surface area contributed by atoms with Crippen molar-refractivity contribution in [1.82, 2.24) is 0 Å². The fourth-order valence-corrected chi connectivity index (χ4v) is 0.363. The van der Waals surface area contributed by atoms with Crippen molar-refractivity contribution in [2.45, 2.75) is 19.3 Å². The van der Waals surface area contributed by atoms with Crippen molar-refractivity contribution in [3.05, 3.63) is 12.2 Å². The normalized spacial score (nSPS) is 16.9. The monoisotopic (exact) mass is 192 g/mol. The summed E-state index contributed by atoms with van der Waals surface area (Å²) in [5, 5.41) is 0. The van der Waals surface area contributed by atoms with Crippen LogP contribution in [-0.2, 0) is 0 Å². The molecule has 0 aliphatic carbocycles. The maximum absolute atomic E-state index is 11.6. The van der Waals surface area contributed by atoms with E-state index in [4.69, 9.17) is 0 Å². The minimum atomic E-state index is -4.68. The molecule has 0 aromatic heterocycles. The van der Waals surface area contributed by atoms with Crippen LogP contribution in [0.25, 0.3) is 0 Å². The van der Waals surface area contributed by atoms with E-state index in [0.29, 0.717) is 6.92 Å². The van der Waals surface area contributed by atoms with Crippen LogP contribution in [0.15, 0.2) is 12.2 Å². The van der Waals surface area contributed by atoms with Gasteiger partial charge in [0.25, 0.3) is 0 Å². The second kappa shape index (κ2) is 3.37. The van der Waals surface area contributed by atoms with Crippen molar-refractivity contribution in [3.63, 3.8) is 0 Å². The van der Waals surface area contributed by atoms with Gasteiger partial charge >= 0.3 is 12.4 Å². The van der Waals surface area contributed by atoms with Gasteiger partial charge in [0.05, 0.1) is 5.92 Å². The first-order valence-corrected chi connectivity index (χ1v) is 2.96. The molecule has 0 amide bonds. The lowest BCUT2D eigenvalue weighted by atomic mass is 10.1. The molecule has 0 aliphatic rings. The van der Waals surface area contributed by atoms with Gasteiger partial charge in [0, 0.05) is 6.08 Å². The van der Waals surface area contributed by atoms with Crippen molar-refractivity contribution >= 4 is 0 Å². The molecule has 0 aromatic rings. The van der Waals surface area contributed by atoms with Crippen LogP contribution in [0, 0.1) is 5.92 Å². The molecule has 0 N–H and O–H groups in total. The van der Waals surface area contributed by atoms with Crippen molar-refractivity contribution in [2.75, 3.05) is 0 Å². The Bertz CT molecular complexity index is 162. The molecule has 0 heterocycles. The average molecular weight is 192 g/mol. The van der Waals surface area contributed by atoms with Crippen LogP contribution in [0.2, 0.25) is 0 Å². The highest BCUT2D eigenvalue weighted by Crippen LogP contribution is 2.28. The third-order valence-corrected chi connectivity index (χ3v) is 1.09. The molecule has 0 saturated carbocycles. The van der Waals surface area contributed by atoms with Gasteiger partial charge in [0.2, 0.25) is 0 Å². The van der Waals surface area contributed by atoms with Gasteiger partial charge in [-0.1, -0.05) is 13.0 Å². The van der Waals surface area contributed by atoms with E-state index in [9.17, 15) is 26.3 Å². The molecular formula is C6H6F6. The van der Waals surface area contributed by atoms with E-state index in [1.165, 1.54) is 0 Å². The molecule has 0 spiro atoms. The maximum atomic E-state index is 11.6. The largest absolute Gasteiger partial charge is 0.409 e. The molecule has 0 rings (SSSR count). The molecule has 1 unspecified atom stereocenters. The predicted molar refractivity (Wildman–Crippen MR) is 30.4 cm³/mol. The molecule has 72 valence electrons. The standard InChI is InChI=1S/C6H6F6/c1-4(6(10,11)12)2-3-5(7,8)9/h2-4H,1H3. The summed E-state index contributed by atoms with van der Waals surface area (Å²) in [6, 6.07) is 0. The second-order valence-electron chi connectivity index (χ2n) is 2.23. The van der Waals surface area contributed by atoms with E-state index in [0.717, 1.165) is 0 Å². The fraction of sp³-hybridized carbons (Fsp3) is 0.667. The Kier molecular flexibility index (Phi) is 3.17. The van der Waals surface area contributed by atoms with E-state index >= 15 is 0 Å². The summed E-state index contributed by atoms with van der Waals surface area (Å²) in [6.07, 6.45) is -9.62. The topological polar surface area (TPSA) is 0 Å². The zero-order valence-electron chi connectivity index (χ0n) is 6.00. The van der Waals surface area contributed by atoms with Gasteiger partial charge in [-0.25, -0.2) is 0 Å². The van der Waals surface area contributed by atoms with Crippen LogP contribution in [0.4, 0.5) is 26.3 Å². The van der Waals surface area contributed by atoms with Gasteiger partial charge in [-0.15, -0.1) is 0 Å². The molecule has 12 heavy (non-hydrogen) atoms. The second-order valence-corrected chi connectivity index (χ2v) is 2.23. The lowest BCUT2D eigenvalue weighted by molar-refractivity contribution is -0.157. The molecule has 0 fully saturated rings. The van der Waals surface area contributed by atoms with Crippen molar-refractivity contribution < 1.29 is 26.3 Å². The predicted octanol–water partition coefficient (Wildman–Crippen LogP) is 3.30. The third kappa shape index (κ3) is 5.03. The lowest BCUT2D eigenvalue weighted by Gasteiger charge is -2.10. The van der Waals surface area contributed by atoms with Crippen LogP contribution in [0.1, 0.15) is 6.92 Å². The van der Waals surface area contributed by atoms with Crippen LogP contribution >= 0.6 is 0 Å². The Morgan fingerprint density at radius 1 is 1.00 bits per heavy atom. The Morgan fingerprint density at radius 3 is 1.67 bits per heavy atom. The minimum absolute atomic E-state index is 0.0833. The fourth-order valence-electron chi connectivity index (χ4n) is 0.363. The molecule has 0 aliphatic heterocycles. The molecular weight excluding hydrogens is 186 g/mol. The summed E-state index contributed by atoms with van der Waals surface area (Å²) in [6.45, 7) is 0.655. The Balaban J connectivity index is 4.19. The van der Waals surface area contributed by atoms with E-state index in [-0.39, 0.29) is 6.08 Å². The van der Waals surface area contributed by atoms with E-state index in [1.54, 1.807) is 0 Å². The third-order valence-electron chi connectivity index (χ3n) is 1.09. The minimum Gasteiger partial charge on any atom is -0.170 e. The summed E-state index contributed by atoms with van der Waals surface area (Å²) in [4.78, 5) is 0. The highest BCUT2D eigenvalue weighted by molar-refractivity contribution is 4.94. The summed E-state index contributed by atoms with van der Waals surface area (Å²) in [5.74, 6) is -2.07. The van der Waals surface area contributed by atoms with Gasteiger partial charge in [-0.05, 0) is 0 Å². The summed E-state index contributed by atoms with van der Waals surface area (Å²) in [7, 11) is 0. The molecule has 1 atom stereocenters. The molecule has 6 heteroatoms. The first kappa shape index (κ1) is 11.3. The van der Waals surface area contributed by atoms with Crippen LogP contribution in [-0.4, -0.2) is 12.4 Å². The van der Waals surface area contributed by atoms with Gasteiger partial charge in [0.1, 0.15) is 0 Å². The van der Waals surface area contributed by atoms with Crippen molar-refractivity contribution in [3.8, 4) is 0 Å². The van der Waals surface area contributed by atoms with Crippen molar-refractivity contribution in [1.29, 1.82) is 0 Å². The Labute approximate surface area is 64.9 Å². The quantitative estimate of drug-likeness (QED) is 0.441. The van der Waals surface area contributed by atoms with Gasteiger partial charge in [-0.2, -0.15) is 26.3 Å². The van der Waals surface area contributed by atoms with E-state index < -0.39 is 24.3 Å². The summed E-state index contributed by atoms with van der Waals surface area (Å²) in [5.41, 5.74) is 0. The van der Waals surface area contributed by atoms with Crippen LogP contribution in [0.3, 0.4) is 0 Å². The van der Waals surface area contributed by atoms with Gasteiger partial charge in [0.15, 0.2) is 0 Å². The lowest BCUT2D eigenvalue weighted by Crippen LogP contribution is -2.18. The van der Waals surface area contributed by atoms with Crippen LogP contribution in [0.5, 0.6) is 0 Å².